The molecular formula is C24H30N6. The van der Waals surface area contributed by atoms with Gasteiger partial charge in [-0.15, -0.1) is 0 Å². The third-order valence-electron chi connectivity index (χ3n) is 5.90. The maximum atomic E-state index is 5.69. The van der Waals surface area contributed by atoms with Crippen molar-refractivity contribution in [2.24, 2.45) is 10.7 Å². The number of piperazine rings is 1. The number of nitrogens with one attached hydrogen (secondary N) is 1. The second-order valence-electron chi connectivity index (χ2n) is 7.91. The molecule has 1 unspecified atom stereocenters. The molecule has 30 heavy (non-hydrogen) atoms. The van der Waals surface area contributed by atoms with Gasteiger partial charge in [-0.25, -0.2) is 0 Å². The molecule has 1 aromatic heterocycles. The molecule has 0 aliphatic carbocycles. The second-order valence-corrected chi connectivity index (χ2v) is 7.91. The predicted molar refractivity (Wildman–Crippen MR) is 125 cm³/mol. The summed E-state index contributed by atoms with van der Waals surface area (Å²) in [5, 5.41) is 6.94. The van der Waals surface area contributed by atoms with Crippen LogP contribution in [-0.4, -0.2) is 61.1 Å². The molecule has 6 heteroatoms. The van der Waals surface area contributed by atoms with E-state index in [1.165, 1.54) is 16.8 Å². The first-order valence-corrected chi connectivity index (χ1v) is 10.5. The largest absolute Gasteiger partial charge is 0.369 e. The Hall–Kier alpha value is -2.96. The van der Waals surface area contributed by atoms with Gasteiger partial charge in [-0.1, -0.05) is 31.2 Å². The number of anilines is 1. The number of hydrogen-bond donors (Lipinski definition) is 2. The van der Waals surface area contributed by atoms with Gasteiger partial charge in [0.15, 0.2) is 0 Å². The van der Waals surface area contributed by atoms with Crippen LogP contribution in [0.4, 0.5) is 11.4 Å². The molecule has 1 atom stereocenters. The molecule has 3 aromatic rings. The van der Waals surface area contributed by atoms with Crippen LogP contribution in [0.25, 0.3) is 11.1 Å². The zero-order chi connectivity index (χ0) is 20.9. The zero-order valence-electron chi connectivity index (χ0n) is 17.8. The van der Waals surface area contributed by atoms with E-state index in [9.17, 15) is 0 Å². The number of rotatable bonds is 6. The lowest BCUT2D eigenvalue weighted by Crippen LogP contribution is -2.44. The molecule has 1 aliphatic rings. The summed E-state index contributed by atoms with van der Waals surface area (Å²) < 4.78 is 0. The van der Waals surface area contributed by atoms with Gasteiger partial charge in [-0.05, 0) is 41.9 Å². The van der Waals surface area contributed by atoms with Crippen LogP contribution in [0.2, 0.25) is 0 Å². The molecule has 156 valence electrons. The SMILES string of the molecule is CC(c1cccc(N2CCN(C)CC2)c1)c1ccc(-c2cn[nH]c2)cc1/N=C\CN. The van der Waals surface area contributed by atoms with Crippen LogP contribution in [0, 0.1) is 0 Å². The molecule has 2 aromatic carbocycles. The standard InChI is InChI=1S/C24H30N6/c1-18(19-4-3-5-22(14-19)30-12-10-29(2)11-13-30)23-7-6-20(21-16-27-28-17-21)15-24(23)26-9-8-25/h3-7,9,14-18H,8,10-13,25H2,1-2H3,(H,27,28)/b26-9-. The van der Waals surface area contributed by atoms with E-state index >= 15 is 0 Å². The molecule has 0 amide bonds. The Bertz CT molecular complexity index is 987. The van der Waals surface area contributed by atoms with Crippen molar-refractivity contribution < 1.29 is 0 Å². The fourth-order valence-corrected chi connectivity index (χ4v) is 4.00. The van der Waals surface area contributed by atoms with Crippen LogP contribution in [0.15, 0.2) is 59.9 Å². The van der Waals surface area contributed by atoms with Crippen LogP contribution >= 0.6 is 0 Å². The van der Waals surface area contributed by atoms with E-state index in [2.05, 4.69) is 81.4 Å². The summed E-state index contributed by atoms with van der Waals surface area (Å²) >= 11 is 0. The van der Waals surface area contributed by atoms with Gasteiger partial charge in [0.25, 0.3) is 0 Å². The number of aliphatic imine (C=N–C) groups is 1. The summed E-state index contributed by atoms with van der Waals surface area (Å²) in [5.41, 5.74) is 12.6. The third kappa shape index (κ3) is 4.45. The molecule has 0 bridgehead atoms. The molecular weight excluding hydrogens is 372 g/mol. The first-order chi connectivity index (χ1) is 14.7. The molecule has 4 rings (SSSR count). The molecule has 3 N–H and O–H groups in total. The highest BCUT2D eigenvalue weighted by Gasteiger charge is 2.18. The molecule has 0 saturated carbocycles. The Morgan fingerprint density at radius 3 is 2.70 bits per heavy atom. The fourth-order valence-electron chi connectivity index (χ4n) is 4.00. The quantitative estimate of drug-likeness (QED) is 0.618. The van der Waals surface area contributed by atoms with Crippen molar-refractivity contribution in [3.8, 4) is 11.1 Å². The molecule has 0 radical (unpaired) electrons. The maximum absolute atomic E-state index is 5.69. The Morgan fingerprint density at radius 2 is 1.97 bits per heavy atom. The lowest BCUT2D eigenvalue weighted by atomic mass is 9.90. The minimum Gasteiger partial charge on any atom is -0.369 e. The summed E-state index contributed by atoms with van der Waals surface area (Å²) in [7, 11) is 2.19. The molecule has 1 fully saturated rings. The Morgan fingerprint density at radius 1 is 1.13 bits per heavy atom. The Kier molecular flexibility index (Phi) is 6.26. The number of aromatic amines is 1. The molecule has 1 aliphatic heterocycles. The van der Waals surface area contributed by atoms with Crippen molar-refractivity contribution in [1.29, 1.82) is 0 Å². The number of nitrogens with zero attached hydrogens (tertiary/aromatic N) is 4. The highest BCUT2D eigenvalue weighted by molar-refractivity contribution is 5.73. The van der Waals surface area contributed by atoms with Gasteiger partial charge in [0, 0.05) is 62.3 Å². The summed E-state index contributed by atoms with van der Waals surface area (Å²) in [6.07, 6.45) is 5.49. The molecule has 2 heterocycles. The number of hydrogen-bond acceptors (Lipinski definition) is 5. The van der Waals surface area contributed by atoms with Gasteiger partial charge in [-0.2, -0.15) is 5.10 Å². The van der Waals surface area contributed by atoms with Gasteiger partial charge >= 0.3 is 0 Å². The summed E-state index contributed by atoms with van der Waals surface area (Å²) in [5.74, 6) is 0.223. The Balaban J connectivity index is 1.64. The lowest BCUT2D eigenvalue weighted by Gasteiger charge is -2.34. The number of nitrogens with two attached hydrogens (primary N) is 1. The van der Waals surface area contributed by atoms with Crippen molar-refractivity contribution >= 4 is 17.6 Å². The van der Waals surface area contributed by atoms with Gasteiger partial charge < -0.3 is 15.5 Å². The van der Waals surface area contributed by atoms with Gasteiger partial charge in [0.1, 0.15) is 0 Å². The first-order valence-electron chi connectivity index (χ1n) is 10.5. The van der Waals surface area contributed by atoms with Crippen molar-refractivity contribution in [3.05, 3.63) is 66.0 Å². The van der Waals surface area contributed by atoms with Gasteiger partial charge in [0.2, 0.25) is 0 Å². The molecule has 0 spiro atoms. The number of likely N-dealkylation sites (N-methyl/N-ethyl adjacent to an activating group) is 1. The van der Waals surface area contributed by atoms with E-state index in [-0.39, 0.29) is 5.92 Å². The van der Waals surface area contributed by atoms with E-state index in [1.54, 1.807) is 6.21 Å². The average molecular weight is 403 g/mol. The summed E-state index contributed by atoms with van der Waals surface area (Å²) in [6.45, 7) is 7.01. The van der Waals surface area contributed by atoms with Crippen LogP contribution in [0.1, 0.15) is 24.0 Å². The van der Waals surface area contributed by atoms with Crippen LogP contribution in [-0.2, 0) is 0 Å². The first kappa shape index (κ1) is 20.3. The van der Waals surface area contributed by atoms with Crippen LogP contribution < -0.4 is 10.6 Å². The number of aromatic nitrogens is 2. The van der Waals surface area contributed by atoms with Crippen molar-refractivity contribution in [2.75, 3.05) is 44.7 Å². The van der Waals surface area contributed by atoms with E-state index in [1.807, 2.05) is 12.4 Å². The van der Waals surface area contributed by atoms with Crippen LogP contribution in [0.5, 0.6) is 0 Å². The van der Waals surface area contributed by atoms with E-state index in [0.717, 1.165) is 43.0 Å². The average Bonchev–Trinajstić information content (AvgIpc) is 3.33. The Labute approximate surface area is 178 Å². The smallest absolute Gasteiger partial charge is 0.0670 e. The monoisotopic (exact) mass is 402 g/mol. The van der Waals surface area contributed by atoms with Crippen molar-refractivity contribution in [2.45, 2.75) is 12.8 Å². The third-order valence-corrected chi connectivity index (χ3v) is 5.90. The predicted octanol–water partition coefficient (Wildman–Crippen LogP) is 3.64. The summed E-state index contributed by atoms with van der Waals surface area (Å²) in [6, 6.07) is 15.4. The maximum Gasteiger partial charge on any atom is 0.0670 e. The summed E-state index contributed by atoms with van der Waals surface area (Å²) in [4.78, 5) is 9.52. The minimum absolute atomic E-state index is 0.223. The topological polar surface area (TPSA) is 73.5 Å². The lowest BCUT2D eigenvalue weighted by molar-refractivity contribution is 0.313. The van der Waals surface area contributed by atoms with Crippen molar-refractivity contribution in [3.63, 3.8) is 0 Å². The fraction of sp³-hybridized carbons (Fsp3) is 0.333. The zero-order valence-corrected chi connectivity index (χ0v) is 17.8. The van der Waals surface area contributed by atoms with Crippen molar-refractivity contribution in [1.82, 2.24) is 15.1 Å². The van der Waals surface area contributed by atoms with E-state index in [4.69, 9.17) is 5.73 Å². The van der Waals surface area contributed by atoms with E-state index < -0.39 is 0 Å². The minimum atomic E-state index is 0.223. The molecule has 1 saturated heterocycles. The molecule has 6 nitrogen and oxygen atoms in total. The highest BCUT2D eigenvalue weighted by atomic mass is 15.2. The number of benzene rings is 2. The van der Waals surface area contributed by atoms with E-state index in [0.29, 0.717) is 6.54 Å². The van der Waals surface area contributed by atoms with Gasteiger partial charge in [0.05, 0.1) is 11.9 Å². The second kappa shape index (κ2) is 9.24. The number of H-pyrrole nitrogens is 1. The normalized spacial score (nSPS) is 16.3. The van der Waals surface area contributed by atoms with Crippen LogP contribution in [0.3, 0.4) is 0 Å². The van der Waals surface area contributed by atoms with Gasteiger partial charge in [-0.3, -0.25) is 10.1 Å². The highest BCUT2D eigenvalue weighted by Crippen LogP contribution is 2.36.